The zero-order chi connectivity index (χ0) is 46.4. The maximum Gasteiger partial charge on any atom is 0.412 e. The predicted octanol–water partition coefficient (Wildman–Crippen LogP) is 7.71. The lowest BCUT2D eigenvalue weighted by atomic mass is 9.84. The number of hydrogen-bond acceptors (Lipinski definition) is 10. The van der Waals surface area contributed by atoms with Gasteiger partial charge in [-0.3, -0.25) is 9.59 Å². The minimum Gasteiger partial charge on any atom is -0.480 e. The fraction of sp³-hybridized carbons (Fsp3) is 0.375. The Morgan fingerprint density at radius 2 is 1.21 bits per heavy atom. The number of carbonyl (C=O) groups is 6. The molecule has 0 bridgehead atoms. The van der Waals surface area contributed by atoms with Gasteiger partial charge in [-0.05, 0) is 82.3 Å². The number of ether oxygens (including phenoxy) is 3. The molecule has 0 saturated heterocycles. The number of aliphatic carboxylic acids is 1. The first kappa shape index (κ1) is 49.3. The number of likely N-dealkylation sites (N-methyl/N-ethyl adjacent to an activating group) is 1. The van der Waals surface area contributed by atoms with Gasteiger partial charge in [0, 0.05) is 32.2 Å². The van der Waals surface area contributed by atoms with E-state index in [9.17, 15) is 33.9 Å². The minimum absolute atomic E-state index is 0.0511. The number of nitrogens with two attached hydrogens (primary N) is 1. The Labute approximate surface area is 373 Å². The fourth-order valence-corrected chi connectivity index (χ4v) is 8.32. The molecule has 4 amide bonds. The highest BCUT2D eigenvalue weighted by Crippen LogP contribution is 2.49. The molecule has 1 unspecified atom stereocenters. The standard InChI is InChI=1S/C48H58N4O10S/c1-46(2,3)61-44(58)51-38(42(55)56)29-32-23-25-37(26-24-32)60-43(57)50-28-27-39(52(7)45(59)62-47(4,5)6)40(53)30-33(41(49)54)31-63-48(34-17-11-8-12-18-34,35-19-13-9-14-20-35)36-21-15-10-16-22-36/h8-26,33,38-39H,27-31H2,1-7H3,(H2,49,54)(H,50,57)(H,51,58)(H,55,56)/t33-,38-,39?/m0/s1. The highest BCUT2D eigenvalue weighted by atomic mass is 32.2. The quantitative estimate of drug-likeness (QED) is 0.0672. The molecule has 0 aliphatic carbocycles. The molecule has 4 aromatic rings. The molecule has 3 atom stereocenters. The molecule has 4 aromatic carbocycles. The lowest BCUT2D eigenvalue weighted by Crippen LogP contribution is -2.47. The van der Waals surface area contributed by atoms with Crippen LogP contribution in [0.3, 0.4) is 0 Å². The maximum atomic E-state index is 14.3. The van der Waals surface area contributed by atoms with Crippen LogP contribution in [-0.4, -0.2) is 88.6 Å². The van der Waals surface area contributed by atoms with E-state index in [1.165, 1.54) is 30.9 Å². The molecule has 15 heteroatoms. The van der Waals surface area contributed by atoms with Gasteiger partial charge in [0.15, 0.2) is 5.78 Å². The summed E-state index contributed by atoms with van der Waals surface area (Å²) < 4.78 is 15.4. The van der Waals surface area contributed by atoms with Crippen molar-refractivity contribution in [3.8, 4) is 5.75 Å². The van der Waals surface area contributed by atoms with Crippen LogP contribution in [0.15, 0.2) is 115 Å². The van der Waals surface area contributed by atoms with E-state index in [1.807, 2.05) is 91.0 Å². The van der Waals surface area contributed by atoms with Crippen molar-refractivity contribution in [1.82, 2.24) is 15.5 Å². The van der Waals surface area contributed by atoms with E-state index in [4.69, 9.17) is 19.9 Å². The van der Waals surface area contributed by atoms with Crippen molar-refractivity contribution in [1.29, 1.82) is 0 Å². The summed E-state index contributed by atoms with van der Waals surface area (Å²) in [5, 5.41) is 14.6. The van der Waals surface area contributed by atoms with E-state index in [1.54, 1.807) is 53.7 Å². The number of primary amides is 1. The van der Waals surface area contributed by atoms with E-state index in [2.05, 4.69) is 10.6 Å². The van der Waals surface area contributed by atoms with Crippen molar-refractivity contribution in [3.05, 3.63) is 138 Å². The molecule has 0 aliphatic rings. The third-order valence-corrected chi connectivity index (χ3v) is 11.4. The molecule has 4 rings (SSSR count). The Hall–Kier alpha value is -6.35. The predicted molar refractivity (Wildman–Crippen MR) is 241 cm³/mol. The van der Waals surface area contributed by atoms with Crippen LogP contribution in [-0.2, 0) is 35.0 Å². The van der Waals surface area contributed by atoms with E-state index in [0.29, 0.717) is 5.56 Å². The average Bonchev–Trinajstić information content (AvgIpc) is 3.22. The molecule has 0 radical (unpaired) electrons. The first-order valence-electron chi connectivity index (χ1n) is 20.5. The smallest absolute Gasteiger partial charge is 0.412 e. The number of nitrogens with one attached hydrogen (secondary N) is 2. The number of ketones is 1. The molecule has 0 heterocycles. The SMILES string of the molecule is CN(C(=O)OC(C)(C)C)C(CCNC(=O)Oc1ccc(C[C@H](NC(=O)OC(C)(C)C)C(=O)O)cc1)C(=O)C[C@@H](CSC(c1ccccc1)(c1ccccc1)c1ccccc1)C(N)=O. The summed E-state index contributed by atoms with van der Waals surface area (Å²) in [7, 11) is 1.42. The van der Waals surface area contributed by atoms with E-state index < -0.39 is 69.9 Å². The number of hydrogen-bond donors (Lipinski definition) is 4. The molecule has 5 N–H and O–H groups in total. The summed E-state index contributed by atoms with van der Waals surface area (Å²) in [5.41, 5.74) is 7.78. The number of nitrogens with zero attached hydrogens (tertiary/aromatic N) is 1. The molecular formula is C48H58N4O10S. The molecule has 0 saturated carbocycles. The van der Waals surface area contributed by atoms with Gasteiger partial charge in [-0.15, -0.1) is 11.8 Å². The van der Waals surface area contributed by atoms with Crippen molar-refractivity contribution < 1.29 is 48.1 Å². The summed E-state index contributed by atoms with van der Waals surface area (Å²) in [6.07, 6.45) is -2.89. The van der Waals surface area contributed by atoms with E-state index >= 15 is 0 Å². The summed E-state index contributed by atoms with van der Waals surface area (Å²) in [4.78, 5) is 78.8. The summed E-state index contributed by atoms with van der Waals surface area (Å²) in [6, 6.07) is 33.4. The van der Waals surface area contributed by atoms with Crippen LogP contribution >= 0.6 is 11.8 Å². The van der Waals surface area contributed by atoms with Crippen molar-refractivity contribution in [3.63, 3.8) is 0 Å². The normalized spacial score (nSPS) is 13.1. The van der Waals surface area contributed by atoms with Crippen molar-refractivity contribution >= 4 is 47.7 Å². The first-order valence-corrected chi connectivity index (χ1v) is 21.5. The molecule has 336 valence electrons. The Morgan fingerprint density at radius 1 is 0.714 bits per heavy atom. The Balaban J connectivity index is 1.48. The van der Waals surface area contributed by atoms with Gasteiger partial charge in [-0.25, -0.2) is 19.2 Å². The number of carbonyl (C=O) groups excluding carboxylic acids is 5. The van der Waals surface area contributed by atoms with Gasteiger partial charge in [0.05, 0.1) is 16.7 Å². The molecule has 0 aromatic heterocycles. The Morgan fingerprint density at radius 3 is 1.65 bits per heavy atom. The lowest BCUT2D eigenvalue weighted by molar-refractivity contribution is -0.139. The van der Waals surface area contributed by atoms with Crippen molar-refractivity contribution in [2.45, 2.75) is 88.8 Å². The zero-order valence-electron chi connectivity index (χ0n) is 36.8. The highest BCUT2D eigenvalue weighted by Gasteiger charge is 2.39. The number of rotatable bonds is 19. The monoisotopic (exact) mass is 882 g/mol. The van der Waals surface area contributed by atoms with Gasteiger partial charge in [0.2, 0.25) is 5.91 Å². The fourth-order valence-electron chi connectivity index (χ4n) is 6.68. The number of Topliss-reactive ketones (excluding diaryl/α,β-unsaturated/α-hetero) is 1. The van der Waals surface area contributed by atoms with Gasteiger partial charge < -0.3 is 40.6 Å². The van der Waals surface area contributed by atoms with Crippen LogP contribution in [0, 0.1) is 5.92 Å². The van der Waals surface area contributed by atoms with Crippen LogP contribution < -0.4 is 21.1 Å². The van der Waals surface area contributed by atoms with Crippen molar-refractivity contribution in [2.24, 2.45) is 11.7 Å². The van der Waals surface area contributed by atoms with Gasteiger partial charge in [0.25, 0.3) is 0 Å². The van der Waals surface area contributed by atoms with Gasteiger partial charge >= 0.3 is 24.2 Å². The van der Waals surface area contributed by atoms with Gasteiger partial charge in [-0.2, -0.15) is 0 Å². The maximum absolute atomic E-state index is 14.3. The first-order chi connectivity index (χ1) is 29.7. The van der Waals surface area contributed by atoms with E-state index in [-0.39, 0.29) is 37.3 Å². The van der Waals surface area contributed by atoms with Gasteiger partial charge in [-0.1, -0.05) is 103 Å². The third kappa shape index (κ3) is 14.9. The largest absolute Gasteiger partial charge is 0.480 e. The Kier molecular flexibility index (Phi) is 17.3. The van der Waals surface area contributed by atoms with Crippen LogP contribution in [0.2, 0.25) is 0 Å². The summed E-state index contributed by atoms with van der Waals surface area (Å²) in [6.45, 7) is 9.98. The van der Waals surface area contributed by atoms with Crippen LogP contribution in [0.1, 0.15) is 76.6 Å². The van der Waals surface area contributed by atoms with Gasteiger partial charge in [0.1, 0.15) is 23.0 Å². The average molecular weight is 883 g/mol. The number of carboxylic acid groups (broad SMARTS) is 1. The molecule has 63 heavy (non-hydrogen) atoms. The molecule has 14 nitrogen and oxygen atoms in total. The summed E-state index contributed by atoms with van der Waals surface area (Å²) >= 11 is 1.49. The second-order valence-electron chi connectivity index (χ2n) is 17.0. The van der Waals surface area contributed by atoms with Crippen LogP contribution in [0.5, 0.6) is 5.75 Å². The Bertz CT molecular complexity index is 2060. The van der Waals surface area contributed by atoms with E-state index in [0.717, 1.165) is 21.6 Å². The highest BCUT2D eigenvalue weighted by molar-refractivity contribution is 8.00. The topological polar surface area (TPSA) is 204 Å². The number of carboxylic acids is 1. The van der Waals surface area contributed by atoms with Crippen LogP contribution in [0.4, 0.5) is 14.4 Å². The molecular weight excluding hydrogens is 825 g/mol. The molecule has 0 aliphatic heterocycles. The number of benzene rings is 4. The number of amides is 4. The second-order valence-corrected chi connectivity index (χ2v) is 18.2. The van der Waals surface area contributed by atoms with Crippen LogP contribution in [0.25, 0.3) is 0 Å². The zero-order valence-corrected chi connectivity index (χ0v) is 37.6. The summed E-state index contributed by atoms with van der Waals surface area (Å²) in [5.74, 6) is -3.03. The number of alkyl carbamates (subject to hydrolysis) is 1. The lowest BCUT2D eigenvalue weighted by Gasteiger charge is -2.36. The van der Waals surface area contributed by atoms with Crippen molar-refractivity contribution in [2.75, 3.05) is 19.3 Å². The molecule has 0 spiro atoms. The second kappa shape index (κ2) is 22.1. The molecule has 0 fully saturated rings. The minimum atomic E-state index is -1.27. The number of thioether (sulfide) groups is 1. The third-order valence-electron chi connectivity index (χ3n) is 9.66.